The Kier molecular flexibility index (Phi) is 5.59. The second-order valence-corrected chi connectivity index (χ2v) is 7.60. The molecule has 2 fully saturated rings. The molecule has 3 rings (SSSR count). The van der Waals surface area contributed by atoms with E-state index < -0.39 is 0 Å². The van der Waals surface area contributed by atoms with Crippen LogP contribution in [0.15, 0.2) is 24.3 Å². The van der Waals surface area contributed by atoms with Crippen molar-refractivity contribution < 1.29 is 14.4 Å². The van der Waals surface area contributed by atoms with Gasteiger partial charge in [-0.25, -0.2) is 0 Å². The van der Waals surface area contributed by atoms with Crippen molar-refractivity contribution in [2.75, 3.05) is 18.4 Å². The summed E-state index contributed by atoms with van der Waals surface area (Å²) >= 11 is 0. The topological polar surface area (TPSA) is 78.5 Å². The highest BCUT2D eigenvalue weighted by Crippen LogP contribution is 2.22. The van der Waals surface area contributed by atoms with E-state index >= 15 is 0 Å². The molecule has 3 amide bonds. The van der Waals surface area contributed by atoms with Crippen LogP contribution in [0.4, 0.5) is 5.69 Å². The summed E-state index contributed by atoms with van der Waals surface area (Å²) in [6, 6.07) is 7.30. The standard InChI is InChI=1S/C20H27N3O3/c1-13(2)20(26)23-10-4-6-15(12-23)19(25)22-17-7-3-5-14(11-17)18(24)21-16-8-9-16/h3,5,7,11,13,15-16H,4,6,8-10,12H2,1-2H3,(H,21,24)(H,22,25)/t15-/m0/s1. The highest BCUT2D eigenvalue weighted by molar-refractivity contribution is 5.98. The van der Waals surface area contributed by atoms with E-state index in [9.17, 15) is 14.4 Å². The van der Waals surface area contributed by atoms with E-state index in [-0.39, 0.29) is 29.6 Å². The number of rotatable bonds is 5. The number of carbonyl (C=O) groups is 3. The van der Waals surface area contributed by atoms with Crippen molar-refractivity contribution >= 4 is 23.4 Å². The number of likely N-dealkylation sites (tertiary alicyclic amines) is 1. The summed E-state index contributed by atoms with van der Waals surface area (Å²) in [6.07, 6.45) is 3.68. The zero-order valence-electron chi connectivity index (χ0n) is 15.5. The van der Waals surface area contributed by atoms with E-state index in [2.05, 4.69) is 10.6 Å². The summed E-state index contributed by atoms with van der Waals surface area (Å²) in [4.78, 5) is 38.7. The molecule has 1 aliphatic heterocycles. The Morgan fingerprint density at radius 1 is 1.15 bits per heavy atom. The Balaban J connectivity index is 1.60. The number of piperidine rings is 1. The van der Waals surface area contributed by atoms with Gasteiger partial charge in [-0.2, -0.15) is 0 Å². The first-order valence-electron chi connectivity index (χ1n) is 9.44. The Hall–Kier alpha value is -2.37. The number of benzene rings is 1. The van der Waals surface area contributed by atoms with Crippen LogP contribution in [-0.4, -0.2) is 41.8 Å². The van der Waals surface area contributed by atoms with Crippen molar-refractivity contribution in [3.63, 3.8) is 0 Å². The number of nitrogens with zero attached hydrogens (tertiary/aromatic N) is 1. The third-order valence-corrected chi connectivity index (χ3v) is 4.90. The molecule has 0 aromatic heterocycles. The first-order valence-corrected chi connectivity index (χ1v) is 9.44. The molecule has 0 bridgehead atoms. The van der Waals surface area contributed by atoms with E-state index in [1.807, 2.05) is 13.8 Å². The third kappa shape index (κ3) is 4.62. The normalized spacial score (nSPS) is 20.0. The van der Waals surface area contributed by atoms with E-state index in [1.165, 1.54) is 0 Å². The minimum absolute atomic E-state index is 0.0570. The van der Waals surface area contributed by atoms with E-state index in [1.54, 1.807) is 29.2 Å². The molecule has 2 N–H and O–H groups in total. The van der Waals surface area contributed by atoms with Crippen molar-refractivity contribution in [3.05, 3.63) is 29.8 Å². The molecule has 1 aromatic rings. The minimum atomic E-state index is -0.213. The summed E-state index contributed by atoms with van der Waals surface area (Å²) in [7, 11) is 0. The minimum Gasteiger partial charge on any atom is -0.349 e. The fourth-order valence-electron chi connectivity index (χ4n) is 3.24. The average Bonchev–Trinajstić information content (AvgIpc) is 3.45. The van der Waals surface area contributed by atoms with Crippen LogP contribution in [0.25, 0.3) is 0 Å². The van der Waals surface area contributed by atoms with Crippen molar-refractivity contribution in [1.82, 2.24) is 10.2 Å². The lowest BCUT2D eigenvalue weighted by atomic mass is 9.96. The molecule has 2 aliphatic rings. The summed E-state index contributed by atoms with van der Waals surface area (Å²) in [5.74, 6) is -0.365. The van der Waals surface area contributed by atoms with Crippen molar-refractivity contribution in [1.29, 1.82) is 0 Å². The van der Waals surface area contributed by atoms with Gasteiger partial charge in [0.1, 0.15) is 0 Å². The molecule has 0 radical (unpaired) electrons. The van der Waals surface area contributed by atoms with Crippen LogP contribution in [0.5, 0.6) is 0 Å². The van der Waals surface area contributed by atoms with Gasteiger partial charge < -0.3 is 15.5 Å². The number of nitrogens with one attached hydrogen (secondary N) is 2. The van der Waals surface area contributed by atoms with Gasteiger partial charge in [-0.3, -0.25) is 14.4 Å². The van der Waals surface area contributed by atoms with Crippen LogP contribution in [0.2, 0.25) is 0 Å². The lowest BCUT2D eigenvalue weighted by Gasteiger charge is -2.33. The van der Waals surface area contributed by atoms with E-state index in [4.69, 9.17) is 0 Å². The van der Waals surface area contributed by atoms with Gasteiger partial charge in [0.15, 0.2) is 0 Å². The molecule has 1 atom stereocenters. The van der Waals surface area contributed by atoms with Gasteiger partial charge >= 0.3 is 0 Å². The molecule has 6 nitrogen and oxygen atoms in total. The van der Waals surface area contributed by atoms with Gasteiger partial charge in [-0.15, -0.1) is 0 Å². The molecular formula is C20H27N3O3. The maximum absolute atomic E-state index is 12.6. The predicted molar refractivity (Wildman–Crippen MR) is 99.7 cm³/mol. The number of anilines is 1. The van der Waals surface area contributed by atoms with Crippen molar-refractivity contribution in [3.8, 4) is 0 Å². The maximum Gasteiger partial charge on any atom is 0.251 e. The maximum atomic E-state index is 12.6. The van der Waals surface area contributed by atoms with Crippen LogP contribution < -0.4 is 10.6 Å². The molecule has 1 heterocycles. The molecule has 0 unspecified atom stereocenters. The number of carbonyl (C=O) groups excluding carboxylic acids is 3. The summed E-state index contributed by atoms with van der Waals surface area (Å²) in [5, 5.41) is 5.85. The molecule has 26 heavy (non-hydrogen) atoms. The summed E-state index contributed by atoms with van der Waals surface area (Å²) in [5.41, 5.74) is 1.17. The molecule has 1 aliphatic carbocycles. The molecule has 1 aromatic carbocycles. The number of hydrogen-bond donors (Lipinski definition) is 2. The lowest BCUT2D eigenvalue weighted by Crippen LogP contribution is -2.45. The van der Waals surface area contributed by atoms with Crippen LogP contribution in [0, 0.1) is 11.8 Å². The first-order chi connectivity index (χ1) is 12.4. The molecule has 0 spiro atoms. The Morgan fingerprint density at radius 3 is 2.62 bits per heavy atom. The number of amides is 3. The molecular weight excluding hydrogens is 330 g/mol. The highest BCUT2D eigenvalue weighted by Gasteiger charge is 2.29. The zero-order chi connectivity index (χ0) is 18.7. The quantitative estimate of drug-likeness (QED) is 0.849. The van der Waals surface area contributed by atoms with Gasteiger partial charge in [0, 0.05) is 36.3 Å². The SMILES string of the molecule is CC(C)C(=O)N1CCC[C@H](C(=O)Nc2cccc(C(=O)NC3CC3)c2)C1. The monoisotopic (exact) mass is 357 g/mol. The predicted octanol–water partition coefficient (Wildman–Crippen LogP) is 2.41. The van der Waals surface area contributed by atoms with Crippen LogP contribution in [-0.2, 0) is 9.59 Å². The largest absolute Gasteiger partial charge is 0.349 e. The Labute approximate surface area is 154 Å². The van der Waals surface area contributed by atoms with Crippen LogP contribution >= 0.6 is 0 Å². The first kappa shape index (κ1) is 18.4. The second-order valence-electron chi connectivity index (χ2n) is 7.60. The molecule has 1 saturated carbocycles. The Morgan fingerprint density at radius 2 is 1.92 bits per heavy atom. The number of hydrogen-bond acceptors (Lipinski definition) is 3. The highest BCUT2D eigenvalue weighted by atomic mass is 16.2. The lowest BCUT2D eigenvalue weighted by molar-refractivity contribution is -0.137. The molecule has 1 saturated heterocycles. The Bertz CT molecular complexity index is 697. The van der Waals surface area contributed by atoms with Crippen molar-refractivity contribution in [2.45, 2.75) is 45.6 Å². The van der Waals surface area contributed by atoms with E-state index in [0.717, 1.165) is 32.2 Å². The van der Waals surface area contributed by atoms with Gasteiger partial charge in [0.2, 0.25) is 11.8 Å². The zero-order valence-corrected chi connectivity index (χ0v) is 15.5. The van der Waals surface area contributed by atoms with E-state index in [0.29, 0.717) is 23.8 Å². The third-order valence-electron chi connectivity index (χ3n) is 4.90. The average molecular weight is 357 g/mol. The van der Waals surface area contributed by atoms with Gasteiger partial charge in [0.25, 0.3) is 5.91 Å². The second kappa shape index (κ2) is 7.89. The van der Waals surface area contributed by atoms with Crippen molar-refractivity contribution in [2.24, 2.45) is 11.8 Å². The fourth-order valence-corrected chi connectivity index (χ4v) is 3.24. The molecule has 140 valence electrons. The van der Waals surface area contributed by atoms with Gasteiger partial charge in [0.05, 0.1) is 5.92 Å². The fraction of sp³-hybridized carbons (Fsp3) is 0.550. The summed E-state index contributed by atoms with van der Waals surface area (Å²) in [6.45, 7) is 4.94. The van der Waals surface area contributed by atoms with Crippen LogP contribution in [0.3, 0.4) is 0 Å². The van der Waals surface area contributed by atoms with Crippen LogP contribution in [0.1, 0.15) is 49.9 Å². The van der Waals surface area contributed by atoms with Gasteiger partial charge in [-0.05, 0) is 43.9 Å². The molecule has 6 heteroatoms. The smallest absolute Gasteiger partial charge is 0.251 e. The summed E-state index contributed by atoms with van der Waals surface area (Å²) < 4.78 is 0. The van der Waals surface area contributed by atoms with Gasteiger partial charge in [-0.1, -0.05) is 19.9 Å².